The summed E-state index contributed by atoms with van der Waals surface area (Å²) in [5, 5.41) is 8.91. The molecule has 1 aliphatic carbocycles. The Morgan fingerprint density at radius 2 is 2.15 bits per heavy atom. The summed E-state index contributed by atoms with van der Waals surface area (Å²) in [4.78, 5) is 0. The lowest BCUT2D eigenvalue weighted by atomic mass is 9.78. The van der Waals surface area contributed by atoms with Gasteiger partial charge in [-0.2, -0.15) is 0 Å². The van der Waals surface area contributed by atoms with Gasteiger partial charge in [0, 0.05) is 0 Å². The van der Waals surface area contributed by atoms with Crippen LogP contribution in [0, 0.1) is 0 Å². The van der Waals surface area contributed by atoms with Gasteiger partial charge >= 0.3 is 0 Å². The van der Waals surface area contributed by atoms with Crippen LogP contribution in [0.2, 0.25) is 0 Å². The number of benzene rings is 1. The second kappa shape index (κ2) is 3.46. The Labute approximate surface area is 77.2 Å². The quantitative estimate of drug-likeness (QED) is 0.741. The minimum absolute atomic E-state index is 0.0691. The SMILES string of the molecule is OCc1cccc(C2CC(F)C2)c1. The zero-order chi connectivity index (χ0) is 9.26. The van der Waals surface area contributed by atoms with E-state index in [1.54, 1.807) is 0 Å². The molecular formula is C11H13FO. The van der Waals surface area contributed by atoms with Crippen molar-refractivity contribution in [2.45, 2.75) is 31.5 Å². The molecule has 1 nitrogen and oxygen atoms in total. The Morgan fingerprint density at radius 1 is 1.38 bits per heavy atom. The van der Waals surface area contributed by atoms with E-state index in [1.165, 1.54) is 5.56 Å². The predicted octanol–water partition coefficient (Wildman–Crippen LogP) is 2.39. The predicted molar refractivity (Wildman–Crippen MR) is 49.2 cm³/mol. The standard InChI is InChI=1S/C11H13FO/c12-11-5-10(6-11)9-3-1-2-8(4-9)7-13/h1-4,10-11,13H,5-7H2. The molecule has 0 spiro atoms. The van der Waals surface area contributed by atoms with E-state index in [1.807, 2.05) is 24.3 Å². The summed E-state index contributed by atoms with van der Waals surface area (Å²) in [7, 11) is 0. The molecule has 2 heteroatoms. The van der Waals surface area contributed by atoms with E-state index in [0.29, 0.717) is 18.8 Å². The molecule has 1 N–H and O–H groups in total. The average Bonchev–Trinajstić information content (AvgIpc) is 2.13. The molecule has 0 amide bonds. The third-order valence-corrected chi connectivity index (χ3v) is 2.69. The minimum Gasteiger partial charge on any atom is -0.392 e. The van der Waals surface area contributed by atoms with Crippen molar-refractivity contribution in [1.29, 1.82) is 0 Å². The van der Waals surface area contributed by atoms with Crippen LogP contribution < -0.4 is 0 Å². The van der Waals surface area contributed by atoms with Crippen LogP contribution in [-0.2, 0) is 6.61 Å². The first kappa shape index (κ1) is 8.70. The fourth-order valence-electron chi connectivity index (χ4n) is 1.77. The summed E-state index contributed by atoms with van der Waals surface area (Å²) in [5.74, 6) is 0.376. The van der Waals surface area contributed by atoms with E-state index in [0.717, 1.165) is 5.56 Å². The molecule has 1 aromatic carbocycles. The van der Waals surface area contributed by atoms with Gasteiger partial charge < -0.3 is 5.11 Å². The monoisotopic (exact) mass is 180 g/mol. The Hall–Kier alpha value is -0.890. The van der Waals surface area contributed by atoms with Crippen molar-refractivity contribution in [3.8, 4) is 0 Å². The Balaban J connectivity index is 2.12. The molecule has 0 aromatic heterocycles. The number of hydrogen-bond acceptors (Lipinski definition) is 1. The van der Waals surface area contributed by atoms with Crippen LogP contribution >= 0.6 is 0 Å². The first-order valence-electron chi connectivity index (χ1n) is 4.63. The fourth-order valence-corrected chi connectivity index (χ4v) is 1.77. The molecule has 1 aromatic rings. The van der Waals surface area contributed by atoms with Crippen molar-refractivity contribution in [2.24, 2.45) is 0 Å². The highest BCUT2D eigenvalue weighted by molar-refractivity contribution is 5.27. The number of halogens is 1. The normalized spacial score (nSPS) is 26.9. The van der Waals surface area contributed by atoms with Gasteiger partial charge in [0.05, 0.1) is 6.61 Å². The van der Waals surface area contributed by atoms with Crippen LogP contribution in [0.5, 0.6) is 0 Å². The fraction of sp³-hybridized carbons (Fsp3) is 0.455. The van der Waals surface area contributed by atoms with Crippen molar-refractivity contribution in [3.05, 3.63) is 35.4 Å². The van der Waals surface area contributed by atoms with E-state index in [4.69, 9.17) is 5.11 Å². The highest BCUT2D eigenvalue weighted by Gasteiger charge is 2.29. The van der Waals surface area contributed by atoms with Gasteiger partial charge in [-0.1, -0.05) is 24.3 Å². The van der Waals surface area contributed by atoms with Gasteiger partial charge in [-0.05, 0) is 29.9 Å². The number of aliphatic hydroxyl groups excluding tert-OH is 1. The average molecular weight is 180 g/mol. The largest absolute Gasteiger partial charge is 0.392 e. The lowest BCUT2D eigenvalue weighted by Gasteiger charge is -2.30. The summed E-state index contributed by atoms with van der Waals surface area (Å²) in [5.41, 5.74) is 2.08. The molecule has 0 saturated heterocycles. The number of aliphatic hydroxyl groups is 1. The van der Waals surface area contributed by atoms with Gasteiger partial charge in [0.15, 0.2) is 0 Å². The Bertz CT molecular complexity index is 292. The molecule has 70 valence electrons. The van der Waals surface area contributed by atoms with E-state index in [-0.39, 0.29) is 6.61 Å². The van der Waals surface area contributed by atoms with Crippen LogP contribution in [-0.4, -0.2) is 11.3 Å². The maximum absolute atomic E-state index is 12.6. The first-order valence-corrected chi connectivity index (χ1v) is 4.63. The molecule has 0 atom stereocenters. The van der Waals surface area contributed by atoms with Gasteiger partial charge in [0.25, 0.3) is 0 Å². The summed E-state index contributed by atoms with van der Waals surface area (Å²) < 4.78 is 12.6. The zero-order valence-electron chi connectivity index (χ0n) is 7.41. The molecular weight excluding hydrogens is 167 g/mol. The summed E-state index contributed by atoms with van der Waals surface area (Å²) in [6.45, 7) is 0.0691. The highest BCUT2D eigenvalue weighted by atomic mass is 19.1. The second-order valence-corrected chi connectivity index (χ2v) is 3.67. The molecule has 2 rings (SSSR count). The topological polar surface area (TPSA) is 20.2 Å². The van der Waals surface area contributed by atoms with E-state index < -0.39 is 6.17 Å². The minimum atomic E-state index is -0.609. The van der Waals surface area contributed by atoms with Crippen molar-refractivity contribution < 1.29 is 9.50 Å². The molecule has 0 radical (unpaired) electrons. The smallest absolute Gasteiger partial charge is 0.101 e. The molecule has 1 fully saturated rings. The van der Waals surface area contributed by atoms with Crippen molar-refractivity contribution in [2.75, 3.05) is 0 Å². The van der Waals surface area contributed by atoms with E-state index in [2.05, 4.69) is 0 Å². The molecule has 0 heterocycles. The van der Waals surface area contributed by atoms with Crippen LogP contribution in [0.3, 0.4) is 0 Å². The summed E-state index contributed by atoms with van der Waals surface area (Å²) in [6, 6.07) is 7.79. The third kappa shape index (κ3) is 1.73. The maximum Gasteiger partial charge on any atom is 0.101 e. The van der Waals surface area contributed by atoms with Crippen molar-refractivity contribution >= 4 is 0 Å². The zero-order valence-corrected chi connectivity index (χ0v) is 7.41. The van der Waals surface area contributed by atoms with Gasteiger partial charge in [0.2, 0.25) is 0 Å². The maximum atomic E-state index is 12.6. The molecule has 1 aliphatic rings. The third-order valence-electron chi connectivity index (χ3n) is 2.69. The molecule has 0 bridgehead atoms. The van der Waals surface area contributed by atoms with Crippen LogP contribution in [0.1, 0.15) is 29.9 Å². The second-order valence-electron chi connectivity index (χ2n) is 3.67. The Kier molecular flexibility index (Phi) is 2.32. The van der Waals surface area contributed by atoms with Crippen molar-refractivity contribution in [1.82, 2.24) is 0 Å². The van der Waals surface area contributed by atoms with Crippen molar-refractivity contribution in [3.63, 3.8) is 0 Å². The van der Waals surface area contributed by atoms with E-state index in [9.17, 15) is 4.39 Å². The van der Waals surface area contributed by atoms with E-state index >= 15 is 0 Å². The van der Waals surface area contributed by atoms with Crippen LogP contribution in [0.4, 0.5) is 4.39 Å². The van der Waals surface area contributed by atoms with Gasteiger partial charge in [-0.25, -0.2) is 4.39 Å². The van der Waals surface area contributed by atoms with Gasteiger partial charge in [-0.3, -0.25) is 0 Å². The lowest BCUT2D eigenvalue weighted by molar-refractivity contribution is 0.179. The number of alkyl halides is 1. The Morgan fingerprint density at radius 3 is 2.77 bits per heavy atom. The molecule has 0 unspecified atom stereocenters. The van der Waals surface area contributed by atoms with Gasteiger partial charge in [0.1, 0.15) is 6.17 Å². The van der Waals surface area contributed by atoms with Crippen LogP contribution in [0.25, 0.3) is 0 Å². The highest BCUT2D eigenvalue weighted by Crippen LogP contribution is 2.38. The van der Waals surface area contributed by atoms with Gasteiger partial charge in [-0.15, -0.1) is 0 Å². The molecule has 0 aliphatic heterocycles. The summed E-state index contributed by atoms with van der Waals surface area (Å²) >= 11 is 0. The number of hydrogen-bond donors (Lipinski definition) is 1. The lowest BCUT2D eigenvalue weighted by Crippen LogP contribution is -2.22. The summed E-state index contributed by atoms with van der Waals surface area (Å²) in [6.07, 6.45) is 0.687. The first-order chi connectivity index (χ1) is 6.29. The molecule has 13 heavy (non-hydrogen) atoms. The molecule has 1 saturated carbocycles. The van der Waals surface area contributed by atoms with Crippen LogP contribution in [0.15, 0.2) is 24.3 Å². The number of rotatable bonds is 2.